The second-order valence-corrected chi connectivity index (χ2v) is 5.45. The summed E-state index contributed by atoms with van der Waals surface area (Å²) in [5.41, 5.74) is 8.89. The van der Waals surface area contributed by atoms with E-state index in [9.17, 15) is 9.90 Å². The minimum absolute atomic E-state index is 0.124. The summed E-state index contributed by atoms with van der Waals surface area (Å²) in [6.07, 6.45) is 5.57. The van der Waals surface area contributed by atoms with Crippen molar-refractivity contribution in [1.82, 2.24) is 14.8 Å². The van der Waals surface area contributed by atoms with E-state index in [0.29, 0.717) is 18.8 Å². The maximum atomic E-state index is 11.3. The Labute approximate surface area is 145 Å². The lowest BCUT2D eigenvalue weighted by molar-refractivity contribution is 0.0683. The molecule has 0 spiro atoms. The predicted molar refractivity (Wildman–Crippen MR) is 96.8 cm³/mol. The molecule has 2 aromatic heterocycles. The molecule has 1 aromatic carbocycles. The first kappa shape index (κ1) is 16.6. The Balaban J connectivity index is 1.90. The van der Waals surface area contributed by atoms with Crippen LogP contribution in [-0.2, 0) is 6.54 Å². The molecule has 126 valence electrons. The standard InChI is InChI=1S/C19H18N4O2/c20-9-11-23-18(19(24)25)13-17(22-23)15-8-10-21-16(12-15)7-6-14-4-2-1-3-5-14/h1-8,10,12-13H,9,11,20H2,(H,24,25)/b7-6+. The molecule has 0 amide bonds. The number of hydrogen-bond donors (Lipinski definition) is 2. The average molecular weight is 334 g/mol. The van der Waals surface area contributed by atoms with Crippen LogP contribution in [0.4, 0.5) is 0 Å². The average Bonchev–Trinajstić information content (AvgIpc) is 3.06. The summed E-state index contributed by atoms with van der Waals surface area (Å²) in [4.78, 5) is 15.7. The SMILES string of the molecule is NCCn1nc(-c2ccnc(/C=C/c3ccccc3)c2)cc1C(=O)O. The van der Waals surface area contributed by atoms with Crippen LogP contribution in [-0.4, -0.2) is 32.4 Å². The van der Waals surface area contributed by atoms with Crippen molar-refractivity contribution >= 4 is 18.1 Å². The first-order chi connectivity index (χ1) is 12.2. The summed E-state index contributed by atoms with van der Waals surface area (Å²) in [6.45, 7) is 0.677. The third-order valence-corrected chi connectivity index (χ3v) is 3.66. The normalized spacial score (nSPS) is 11.1. The fraction of sp³-hybridized carbons (Fsp3) is 0.105. The van der Waals surface area contributed by atoms with E-state index in [1.165, 1.54) is 4.68 Å². The second kappa shape index (κ2) is 7.55. The number of carboxylic acid groups (broad SMARTS) is 1. The number of nitrogens with two attached hydrogens (primary N) is 1. The molecule has 0 fully saturated rings. The van der Waals surface area contributed by atoms with Gasteiger partial charge in [0.15, 0.2) is 0 Å². The quantitative estimate of drug-likeness (QED) is 0.723. The number of nitrogens with zero attached hydrogens (tertiary/aromatic N) is 3. The van der Waals surface area contributed by atoms with Crippen LogP contribution in [0.25, 0.3) is 23.4 Å². The van der Waals surface area contributed by atoms with Crippen LogP contribution in [0.5, 0.6) is 0 Å². The van der Waals surface area contributed by atoms with E-state index in [0.717, 1.165) is 16.8 Å². The predicted octanol–water partition coefficient (Wildman–Crippen LogP) is 2.77. The highest BCUT2D eigenvalue weighted by molar-refractivity contribution is 5.87. The molecule has 25 heavy (non-hydrogen) atoms. The Hall–Kier alpha value is -3.25. The van der Waals surface area contributed by atoms with E-state index in [-0.39, 0.29) is 5.69 Å². The second-order valence-electron chi connectivity index (χ2n) is 5.45. The molecule has 0 saturated heterocycles. The van der Waals surface area contributed by atoms with Crippen molar-refractivity contribution in [3.05, 3.63) is 71.7 Å². The van der Waals surface area contributed by atoms with Gasteiger partial charge in [-0.3, -0.25) is 9.67 Å². The number of carbonyl (C=O) groups is 1. The highest BCUT2D eigenvalue weighted by Gasteiger charge is 2.15. The lowest BCUT2D eigenvalue weighted by Crippen LogP contribution is -2.16. The summed E-state index contributed by atoms with van der Waals surface area (Å²) >= 11 is 0. The molecule has 0 aliphatic carbocycles. The minimum atomic E-state index is -1.02. The Morgan fingerprint density at radius 3 is 2.68 bits per heavy atom. The fourth-order valence-corrected chi connectivity index (χ4v) is 2.47. The van der Waals surface area contributed by atoms with Gasteiger partial charge in [0.2, 0.25) is 0 Å². The molecule has 3 aromatic rings. The Morgan fingerprint density at radius 1 is 1.16 bits per heavy atom. The first-order valence-electron chi connectivity index (χ1n) is 7.88. The highest BCUT2D eigenvalue weighted by Crippen LogP contribution is 2.20. The Morgan fingerprint density at radius 2 is 1.96 bits per heavy atom. The van der Waals surface area contributed by atoms with Gasteiger partial charge in [-0.25, -0.2) is 4.79 Å². The van der Waals surface area contributed by atoms with Gasteiger partial charge in [-0.2, -0.15) is 5.10 Å². The molecule has 6 nitrogen and oxygen atoms in total. The van der Waals surface area contributed by atoms with Crippen LogP contribution >= 0.6 is 0 Å². The van der Waals surface area contributed by atoms with E-state index >= 15 is 0 Å². The van der Waals surface area contributed by atoms with Gasteiger partial charge in [0.05, 0.1) is 17.9 Å². The fourth-order valence-electron chi connectivity index (χ4n) is 2.47. The number of pyridine rings is 1. The van der Waals surface area contributed by atoms with Gasteiger partial charge in [-0.05, 0) is 29.8 Å². The molecular weight excluding hydrogens is 316 g/mol. The largest absolute Gasteiger partial charge is 0.477 e. The molecule has 0 aliphatic rings. The van der Waals surface area contributed by atoms with Gasteiger partial charge in [-0.1, -0.05) is 36.4 Å². The Bertz CT molecular complexity index is 901. The molecule has 3 N–H and O–H groups in total. The van der Waals surface area contributed by atoms with Crippen molar-refractivity contribution in [2.24, 2.45) is 5.73 Å². The molecule has 0 atom stereocenters. The van der Waals surface area contributed by atoms with Gasteiger partial charge in [0, 0.05) is 18.3 Å². The molecule has 6 heteroatoms. The van der Waals surface area contributed by atoms with Crippen LogP contribution in [0.3, 0.4) is 0 Å². The molecule has 2 heterocycles. The lowest BCUT2D eigenvalue weighted by atomic mass is 10.1. The van der Waals surface area contributed by atoms with Gasteiger partial charge in [-0.15, -0.1) is 0 Å². The number of hydrogen-bond acceptors (Lipinski definition) is 4. The van der Waals surface area contributed by atoms with E-state index in [1.54, 1.807) is 18.3 Å². The number of aromatic carboxylic acids is 1. The minimum Gasteiger partial charge on any atom is -0.477 e. The summed E-state index contributed by atoms with van der Waals surface area (Å²) in [5, 5.41) is 13.6. The summed E-state index contributed by atoms with van der Waals surface area (Å²) < 4.78 is 1.41. The van der Waals surface area contributed by atoms with E-state index in [1.807, 2.05) is 48.6 Å². The van der Waals surface area contributed by atoms with Crippen LogP contribution < -0.4 is 5.73 Å². The van der Waals surface area contributed by atoms with Crippen LogP contribution in [0.2, 0.25) is 0 Å². The molecular formula is C19H18N4O2. The van der Waals surface area contributed by atoms with Crippen LogP contribution in [0.1, 0.15) is 21.7 Å². The lowest BCUT2D eigenvalue weighted by Gasteiger charge is -2.01. The molecule has 0 radical (unpaired) electrons. The van der Waals surface area contributed by atoms with E-state index < -0.39 is 5.97 Å². The third-order valence-electron chi connectivity index (χ3n) is 3.66. The molecule has 0 saturated carbocycles. The van der Waals surface area contributed by atoms with Crippen LogP contribution in [0.15, 0.2) is 54.7 Å². The van der Waals surface area contributed by atoms with Crippen molar-refractivity contribution in [3.63, 3.8) is 0 Å². The number of benzene rings is 1. The van der Waals surface area contributed by atoms with Crippen molar-refractivity contribution < 1.29 is 9.90 Å². The van der Waals surface area contributed by atoms with Crippen molar-refractivity contribution in [3.8, 4) is 11.3 Å². The summed E-state index contributed by atoms with van der Waals surface area (Å²) in [7, 11) is 0. The molecule has 0 unspecified atom stereocenters. The Kier molecular flexibility index (Phi) is 5.01. The zero-order chi connectivity index (χ0) is 17.6. The summed E-state index contributed by atoms with van der Waals surface area (Å²) in [5.74, 6) is -1.02. The first-order valence-corrected chi connectivity index (χ1v) is 7.88. The zero-order valence-electron chi connectivity index (χ0n) is 13.5. The van der Waals surface area contributed by atoms with Crippen LogP contribution in [0, 0.1) is 0 Å². The van der Waals surface area contributed by atoms with Gasteiger partial charge in [0.1, 0.15) is 5.69 Å². The molecule has 3 rings (SSSR count). The van der Waals surface area contributed by atoms with Crippen molar-refractivity contribution in [1.29, 1.82) is 0 Å². The maximum absolute atomic E-state index is 11.3. The summed E-state index contributed by atoms with van der Waals surface area (Å²) in [6, 6.07) is 15.2. The topological polar surface area (TPSA) is 94.0 Å². The molecule has 0 aliphatic heterocycles. The maximum Gasteiger partial charge on any atom is 0.354 e. The van der Waals surface area contributed by atoms with Crippen molar-refractivity contribution in [2.45, 2.75) is 6.54 Å². The van der Waals surface area contributed by atoms with Gasteiger partial charge >= 0.3 is 5.97 Å². The third kappa shape index (κ3) is 3.99. The number of aromatic nitrogens is 3. The smallest absolute Gasteiger partial charge is 0.354 e. The number of carboxylic acids is 1. The van der Waals surface area contributed by atoms with Gasteiger partial charge in [0.25, 0.3) is 0 Å². The van der Waals surface area contributed by atoms with E-state index in [2.05, 4.69) is 10.1 Å². The zero-order valence-corrected chi connectivity index (χ0v) is 13.5. The highest BCUT2D eigenvalue weighted by atomic mass is 16.4. The number of rotatable bonds is 6. The molecule has 0 bridgehead atoms. The van der Waals surface area contributed by atoms with E-state index in [4.69, 9.17) is 5.73 Å². The monoisotopic (exact) mass is 334 g/mol. The van der Waals surface area contributed by atoms with Gasteiger partial charge < -0.3 is 10.8 Å². The van der Waals surface area contributed by atoms with Crippen molar-refractivity contribution in [2.75, 3.05) is 6.54 Å².